The Hall–Kier alpha value is -1.39. The minimum Gasteiger partial charge on any atom is -0.462 e. The van der Waals surface area contributed by atoms with Crippen molar-refractivity contribution in [3.05, 3.63) is 34.7 Å². The van der Waals surface area contributed by atoms with E-state index in [2.05, 4.69) is 0 Å². The van der Waals surface area contributed by atoms with Crippen molar-refractivity contribution < 1.29 is 9.53 Å². The number of carbonyl (C=O) groups is 1. The second-order valence-electron chi connectivity index (χ2n) is 3.41. The third-order valence-corrected chi connectivity index (χ3v) is 3.37. The van der Waals surface area contributed by atoms with Crippen molar-refractivity contribution in [2.24, 2.45) is 5.73 Å². The van der Waals surface area contributed by atoms with Crippen LogP contribution in [0.3, 0.4) is 0 Å². The summed E-state index contributed by atoms with van der Waals surface area (Å²) in [7, 11) is 0. The van der Waals surface area contributed by atoms with Gasteiger partial charge in [-0.15, -0.1) is 11.3 Å². The Bertz CT molecular complexity index is 519. The van der Waals surface area contributed by atoms with Crippen LogP contribution in [-0.2, 0) is 11.3 Å². The molecule has 84 valence electrons. The summed E-state index contributed by atoms with van der Waals surface area (Å²) >= 11 is 1.44. The Morgan fingerprint density at radius 2 is 2.25 bits per heavy atom. The van der Waals surface area contributed by atoms with E-state index in [4.69, 9.17) is 10.5 Å². The molecule has 2 N–H and O–H groups in total. The third kappa shape index (κ3) is 2.08. The predicted octanol–water partition coefficient (Wildman–Crippen LogP) is 2.54. The van der Waals surface area contributed by atoms with Gasteiger partial charge in [-0.2, -0.15) is 0 Å². The van der Waals surface area contributed by atoms with Crippen molar-refractivity contribution in [3.63, 3.8) is 0 Å². The Morgan fingerprint density at radius 3 is 2.94 bits per heavy atom. The molecule has 0 spiro atoms. The molecule has 1 aromatic carbocycles. The Balaban J connectivity index is 2.39. The number of nitrogens with two attached hydrogens (primary N) is 1. The maximum absolute atomic E-state index is 11.5. The lowest BCUT2D eigenvalue weighted by molar-refractivity contribution is 0.0532. The number of hydrogen-bond acceptors (Lipinski definition) is 4. The molecule has 1 heterocycles. The molecule has 16 heavy (non-hydrogen) atoms. The van der Waals surface area contributed by atoms with Crippen LogP contribution in [0.1, 0.15) is 22.2 Å². The van der Waals surface area contributed by atoms with Gasteiger partial charge >= 0.3 is 5.97 Å². The fraction of sp³-hybridized carbons (Fsp3) is 0.250. The van der Waals surface area contributed by atoms with E-state index in [0.717, 1.165) is 15.6 Å². The summed E-state index contributed by atoms with van der Waals surface area (Å²) in [6.07, 6.45) is 0. The van der Waals surface area contributed by atoms with Crippen molar-refractivity contribution >= 4 is 27.4 Å². The van der Waals surface area contributed by atoms with Gasteiger partial charge in [-0.3, -0.25) is 0 Å². The summed E-state index contributed by atoms with van der Waals surface area (Å²) in [6.45, 7) is 2.72. The topological polar surface area (TPSA) is 52.3 Å². The molecular weight excluding hydrogens is 222 g/mol. The minimum atomic E-state index is -0.252. The Labute approximate surface area is 97.8 Å². The monoisotopic (exact) mass is 235 g/mol. The number of esters is 1. The van der Waals surface area contributed by atoms with Gasteiger partial charge in [0, 0.05) is 11.2 Å². The molecule has 0 unspecified atom stereocenters. The number of rotatable bonds is 3. The van der Waals surface area contributed by atoms with Gasteiger partial charge in [0.2, 0.25) is 0 Å². The van der Waals surface area contributed by atoms with Crippen LogP contribution in [0.15, 0.2) is 24.3 Å². The molecule has 2 aromatic rings. The zero-order valence-electron chi connectivity index (χ0n) is 9.03. The second kappa shape index (κ2) is 4.63. The first kappa shape index (κ1) is 11.1. The van der Waals surface area contributed by atoms with Crippen molar-refractivity contribution in [1.29, 1.82) is 0 Å². The molecular formula is C12H13NO2S. The molecule has 0 aliphatic carbocycles. The zero-order valence-corrected chi connectivity index (χ0v) is 9.84. The Kier molecular flexibility index (Phi) is 3.22. The number of fused-ring (bicyclic) bond motifs is 1. The smallest absolute Gasteiger partial charge is 0.348 e. The first-order chi connectivity index (χ1) is 7.74. The van der Waals surface area contributed by atoms with Crippen LogP contribution in [0.2, 0.25) is 0 Å². The van der Waals surface area contributed by atoms with E-state index >= 15 is 0 Å². The van der Waals surface area contributed by atoms with E-state index in [9.17, 15) is 4.79 Å². The standard InChI is InChI=1S/C12H13NO2S/c1-2-15-12(14)11-6-9-4-3-8(7-13)5-10(9)16-11/h3-6H,2,7,13H2,1H3. The van der Waals surface area contributed by atoms with Gasteiger partial charge < -0.3 is 10.5 Å². The molecule has 4 heteroatoms. The predicted molar refractivity (Wildman–Crippen MR) is 65.7 cm³/mol. The summed E-state index contributed by atoms with van der Waals surface area (Å²) in [4.78, 5) is 12.2. The molecule has 0 aliphatic rings. The first-order valence-corrected chi connectivity index (χ1v) is 5.96. The first-order valence-electron chi connectivity index (χ1n) is 5.14. The normalized spacial score (nSPS) is 10.6. The van der Waals surface area contributed by atoms with Crippen LogP contribution >= 0.6 is 11.3 Å². The van der Waals surface area contributed by atoms with Crippen molar-refractivity contribution in [1.82, 2.24) is 0 Å². The molecule has 1 aromatic heterocycles. The van der Waals surface area contributed by atoms with Crippen LogP contribution in [-0.4, -0.2) is 12.6 Å². The van der Waals surface area contributed by atoms with Gasteiger partial charge in [0.1, 0.15) is 4.88 Å². The van der Waals surface area contributed by atoms with E-state index in [-0.39, 0.29) is 5.97 Å². The summed E-state index contributed by atoms with van der Waals surface area (Å²) in [5.41, 5.74) is 6.64. The minimum absolute atomic E-state index is 0.252. The SMILES string of the molecule is CCOC(=O)c1cc2ccc(CN)cc2s1. The van der Waals surface area contributed by atoms with Crippen LogP contribution in [0.5, 0.6) is 0 Å². The number of hydrogen-bond donors (Lipinski definition) is 1. The average Bonchev–Trinajstić information content (AvgIpc) is 2.71. The average molecular weight is 235 g/mol. The lowest BCUT2D eigenvalue weighted by atomic mass is 10.2. The van der Waals surface area contributed by atoms with Crippen LogP contribution in [0.25, 0.3) is 10.1 Å². The fourth-order valence-corrected chi connectivity index (χ4v) is 2.53. The number of ether oxygens (including phenoxy) is 1. The quantitative estimate of drug-likeness (QED) is 0.832. The number of thiophene rings is 1. The largest absolute Gasteiger partial charge is 0.462 e. The summed E-state index contributed by atoms with van der Waals surface area (Å²) < 4.78 is 6.04. The summed E-state index contributed by atoms with van der Waals surface area (Å²) in [6, 6.07) is 7.84. The van der Waals surface area contributed by atoms with E-state index in [1.54, 1.807) is 6.92 Å². The molecule has 0 fully saturated rings. The van der Waals surface area contributed by atoms with Crippen LogP contribution in [0.4, 0.5) is 0 Å². The molecule has 2 rings (SSSR count). The number of benzene rings is 1. The van der Waals surface area contributed by atoms with Gasteiger partial charge in [0.15, 0.2) is 0 Å². The van der Waals surface area contributed by atoms with Crippen LogP contribution < -0.4 is 5.73 Å². The van der Waals surface area contributed by atoms with Gasteiger partial charge in [0.05, 0.1) is 6.61 Å². The maximum atomic E-state index is 11.5. The lowest BCUT2D eigenvalue weighted by Gasteiger charge is -1.95. The van der Waals surface area contributed by atoms with E-state index in [1.807, 2.05) is 24.3 Å². The van der Waals surface area contributed by atoms with Gasteiger partial charge in [0.25, 0.3) is 0 Å². The third-order valence-electron chi connectivity index (χ3n) is 2.30. The van der Waals surface area contributed by atoms with Crippen LogP contribution in [0, 0.1) is 0 Å². The van der Waals surface area contributed by atoms with E-state index in [1.165, 1.54) is 11.3 Å². The number of carbonyl (C=O) groups excluding carboxylic acids is 1. The maximum Gasteiger partial charge on any atom is 0.348 e. The molecule has 3 nitrogen and oxygen atoms in total. The van der Waals surface area contributed by atoms with Gasteiger partial charge in [-0.1, -0.05) is 12.1 Å². The fourth-order valence-electron chi connectivity index (χ4n) is 1.51. The molecule has 0 aliphatic heterocycles. The summed E-state index contributed by atoms with van der Waals surface area (Å²) in [5.74, 6) is -0.252. The highest BCUT2D eigenvalue weighted by atomic mass is 32.1. The van der Waals surface area contributed by atoms with Crippen molar-refractivity contribution in [3.8, 4) is 0 Å². The lowest BCUT2D eigenvalue weighted by Crippen LogP contribution is -2.01. The molecule has 0 saturated carbocycles. The van der Waals surface area contributed by atoms with Gasteiger partial charge in [-0.25, -0.2) is 4.79 Å². The molecule has 0 amide bonds. The highest BCUT2D eigenvalue weighted by Gasteiger charge is 2.10. The molecule has 0 bridgehead atoms. The molecule has 0 saturated heterocycles. The molecule has 0 atom stereocenters. The van der Waals surface area contributed by atoms with E-state index < -0.39 is 0 Å². The highest BCUT2D eigenvalue weighted by Crippen LogP contribution is 2.27. The Morgan fingerprint density at radius 1 is 1.44 bits per heavy atom. The van der Waals surface area contributed by atoms with E-state index in [0.29, 0.717) is 18.0 Å². The van der Waals surface area contributed by atoms with Gasteiger partial charge in [-0.05, 0) is 30.0 Å². The second-order valence-corrected chi connectivity index (χ2v) is 4.49. The highest BCUT2D eigenvalue weighted by molar-refractivity contribution is 7.20. The zero-order chi connectivity index (χ0) is 11.5. The van der Waals surface area contributed by atoms with Crippen molar-refractivity contribution in [2.75, 3.05) is 6.61 Å². The van der Waals surface area contributed by atoms with Crippen molar-refractivity contribution in [2.45, 2.75) is 13.5 Å². The summed E-state index contributed by atoms with van der Waals surface area (Å²) in [5, 5.41) is 1.06. The molecule has 0 radical (unpaired) electrons.